The van der Waals surface area contributed by atoms with E-state index in [-0.39, 0.29) is 4.90 Å². The van der Waals surface area contributed by atoms with Crippen LogP contribution in [0.2, 0.25) is 0 Å². The Hall–Kier alpha value is -0.590. The molecule has 0 radical (unpaired) electrons. The molecule has 0 aliphatic rings. The van der Waals surface area contributed by atoms with Crippen LogP contribution in [0.5, 0.6) is 0 Å². The van der Waals surface area contributed by atoms with E-state index in [0.29, 0.717) is 23.2 Å². The molecular weight excluding hydrogens is 316 g/mol. The van der Waals surface area contributed by atoms with Crippen LogP contribution in [0.3, 0.4) is 0 Å². The van der Waals surface area contributed by atoms with Crippen molar-refractivity contribution in [1.82, 2.24) is 4.31 Å². The third kappa shape index (κ3) is 3.46. The molecule has 0 aliphatic heterocycles. The predicted molar refractivity (Wildman–Crippen MR) is 77.9 cm³/mol. The van der Waals surface area contributed by atoms with Crippen molar-refractivity contribution in [2.45, 2.75) is 31.6 Å². The number of nitrogen functional groups attached to an aromatic ring is 1. The molecule has 0 fully saturated rings. The molecule has 6 heteroatoms. The molecule has 0 aromatic heterocycles. The molecule has 1 aromatic rings. The van der Waals surface area contributed by atoms with Gasteiger partial charge in [0, 0.05) is 23.2 Å². The highest BCUT2D eigenvalue weighted by molar-refractivity contribution is 9.10. The van der Waals surface area contributed by atoms with Crippen LogP contribution in [0.1, 0.15) is 26.7 Å². The number of nitrogens with two attached hydrogens (primary N) is 1. The number of hydrogen-bond acceptors (Lipinski definition) is 3. The van der Waals surface area contributed by atoms with Gasteiger partial charge in [0.25, 0.3) is 0 Å². The highest BCUT2D eigenvalue weighted by Gasteiger charge is 2.25. The van der Waals surface area contributed by atoms with E-state index in [1.54, 1.807) is 12.1 Å². The van der Waals surface area contributed by atoms with Gasteiger partial charge in [-0.05, 0) is 47.0 Å². The zero-order valence-corrected chi connectivity index (χ0v) is 13.1. The zero-order chi connectivity index (χ0) is 13.8. The Morgan fingerprint density at radius 2 is 1.78 bits per heavy atom. The van der Waals surface area contributed by atoms with Crippen LogP contribution in [0, 0.1) is 0 Å². The molecule has 1 rings (SSSR count). The minimum absolute atomic E-state index is 0.240. The normalized spacial score (nSPS) is 12.0. The van der Waals surface area contributed by atoms with Crippen molar-refractivity contribution in [1.29, 1.82) is 0 Å². The maximum atomic E-state index is 12.5. The molecule has 0 atom stereocenters. The van der Waals surface area contributed by atoms with Gasteiger partial charge in [-0.1, -0.05) is 13.8 Å². The van der Waals surface area contributed by atoms with Crippen LogP contribution in [0.25, 0.3) is 0 Å². The topological polar surface area (TPSA) is 63.4 Å². The van der Waals surface area contributed by atoms with Crippen molar-refractivity contribution < 1.29 is 8.42 Å². The summed E-state index contributed by atoms with van der Waals surface area (Å²) in [7, 11) is -3.47. The van der Waals surface area contributed by atoms with Gasteiger partial charge in [-0.15, -0.1) is 0 Å². The van der Waals surface area contributed by atoms with Gasteiger partial charge in [-0.2, -0.15) is 4.31 Å². The molecule has 18 heavy (non-hydrogen) atoms. The summed E-state index contributed by atoms with van der Waals surface area (Å²) in [5.74, 6) is 0. The molecule has 0 saturated heterocycles. The zero-order valence-electron chi connectivity index (χ0n) is 10.7. The Balaban J connectivity index is 3.21. The second-order valence-corrected chi connectivity index (χ2v) is 6.85. The summed E-state index contributed by atoms with van der Waals surface area (Å²) in [6.45, 7) is 4.98. The van der Waals surface area contributed by atoms with Gasteiger partial charge < -0.3 is 5.73 Å². The molecule has 2 N–H and O–H groups in total. The molecule has 4 nitrogen and oxygen atoms in total. The average molecular weight is 335 g/mol. The minimum atomic E-state index is -3.47. The maximum Gasteiger partial charge on any atom is 0.244 e. The van der Waals surface area contributed by atoms with Crippen LogP contribution < -0.4 is 5.73 Å². The van der Waals surface area contributed by atoms with E-state index >= 15 is 0 Å². The van der Waals surface area contributed by atoms with Gasteiger partial charge in [0.2, 0.25) is 10.0 Å². The second-order valence-electron chi connectivity index (χ2n) is 4.09. The van der Waals surface area contributed by atoms with E-state index in [1.807, 2.05) is 13.8 Å². The highest BCUT2D eigenvalue weighted by Crippen LogP contribution is 2.27. The first kappa shape index (κ1) is 15.5. The number of sulfonamides is 1. The fraction of sp³-hybridized carbons (Fsp3) is 0.500. The van der Waals surface area contributed by atoms with Crippen molar-refractivity contribution in [2.75, 3.05) is 18.8 Å². The lowest BCUT2D eigenvalue weighted by Gasteiger charge is -2.21. The quantitative estimate of drug-likeness (QED) is 0.813. The Morgan fingerprint density at radius 3 is 2.28 bits per heavy atom. The molecule has 102 valence electrons. The van der Waals surface area contributed by atoms with Gasteiger partial charge in [0.1, 0.15) is 0 Å². The summed E-state index contributed by atoms with van der Waals surface area (Å²) in [5.41, 5.74) is 6.12. The maximum absolute atomic E-state index is 12.5. The fourth-order valence-corrected chi connectivity index (χ4v) is 4.29. The molecule has 0 unspecified atom stereocenters. The summed E-state index contributed by atoms with van der Waals surface area (Å²) >= 11 is 3.28. The second kappa shape index (κ2) is 6.54. The Kier molecular flexibility index (Phi) is 5.62. The SMILES string of the molecule is CCCN(CCC)S(=O)(=O)c1cc(N)ccc1Br. The van der Waals surface area contributed by atoms with Crippen LogP contribution in [0.4, 0.5) is 5.69 Å². The van der Waals surface area contributed by atoms with Gasteiger partial charge in [-0.3, -0.25) is 0 Å². The lowest BCUT2D eigenvalue weighted by molar-refractivity contribution is 0.409. The largest absolute Gasteiger partial charge is 0.399 e. The lowest BCUT2D eigenvalue weighted by Crippen LogP contribution is -2.32. The van der Waals surface area contributed by atoms with Gasteiger partial charge >= 0.3 is 0 Å². The van der Waals surface area contributed by atoms with E-state index in [2.05, 4.69) is 15.9 Å². The standard InChI is InChI=1S/C12H19BrN2O2S/c1-3-7-15(8-4-2)18(16,17)12-9-10(14)5-6-11(12)13/h5-6,9H,3-4,7-8,14H2,1-2H3. The van der Waals surface area contributed by atoms with Gasteiger partial charge in [0.15, 0.2) is 0 Å². The predicted octanol–water partition coefficient (Wildman–Crippen LogP) is 2.84. The van der Waals surface area contributed by atoms with E-state index in [4.69, 9.17) is 5.73 Å². The highest BCUT2D eigenvalue weighted by atomic mass is 79.9. The molecule has 0 aliphatic carbocycles. The average Bonchev–Trinajstić information content (AvgIpc) is 2.32. The van der Waals surface area contributed by atoms with Crippen molar-refractivity contribution in [3.8, 4) is 0 Å². The van der Waals surface area contributed by atoms with E-state index in [9.17, 15) is 8.42 Å². The summed E-state index contributed by atoms with van der Waals surface area (Å²) in [4.78, 5) is 0.240. The monoisotopic (exact) mass is 334 g/mol. The first-order valence-electron chi connectivity index (χ1n) is 5.98. The number of anilines is 1. The molecule has 0 heterocycles. The van der Waals surface area contributed by atoms with Crippen molar-refractivity contribution in [3.63, 3.8) is 0 Å². The van der Waals surface area contributed by atoms with Crippen LogP contribution in [0.15, 0.2) is 27.6 Å². The number of nitrogens with zero attached hydrogens (tertiary/aromatic N) is 1. The Morgan fingerprint density at radius 1 is 1.22 bits per heavy atom. The third-order valence-electron chi connectivity index (χ3n) is 2.52. The van der Waals surface area contributed by atoms with Crippen molar-refractivity contribution >= 4 is 31.6 Å². The third-order valence-corrected chi connectivity index (χ3v) is 5.41. The number of halogens is 1. The van der Waals surface area contributed by atoms with Crippen LogP contribution in [-0.2, 0) is 10.0 Å². The van der Waals surface area contributed by atoms with Crippen LogP contribution in [-0.4, -0.2) is 25.8 Å². The number of hydrogen-bond donors (Lipinski definition) is 1. The fourth-order valence-electron chi connectivity index (χ4n) is 1.71. The Labute approximate surface area is 117 Å². The summed E-state index contributed by atoms with van der Waals surface area (Å²) in [5, 5.41) is 0. The van der Waals surface area contributed by atoms with Crippen LogP contribution >= 0.6 is 15.9 Å². The summed E-state index contributed by atoms with van der Waals surface area (Å²) in [6, 6.07) is 4.84. The summed E-state index contributed by atoms with van der Waals surface area (Å²) < 4.78 is 27.1. The van der Waals surface area contributed by atoms with E-state index < -0.39 is 10.0 Å². The van der Waals surface area contributed by atoms with Gasteiger partial charge in [0.05, 0.1) is 4.90 Å². The molecule has 0 spiro atoms. The lowest BCUT2D eigenvalue weighted by atomic mass is 10.3. The molecule has 0 amide bonds. The van der Waals surface area contributed by atoms with Gasteiger partial charge in [-0.25, -0.2) is 8.42 Å². The molecule has 0 bridgehead atoms. The molecule has 0 saturated carbocycles. The van der Waals surface area contributed by atoms with E-state index in [1.165, 1.54) is 10.4 Å². The number of rotatable bonds is 6. The number of benzene rings is 1. The van der Waals surface area contributed by atoms with E-state index in [0.717, 1.165) is 12.8 Å². The smallest absolute Gasteiger partial charge is 0.244 e. The first-order valence-corrected chi connectivity index (χ1v) is 8.22. The van der Waals surface area contributed by atoms with Crippen molar-refractivity contribution in [3.05, 3.63) is 22.7 Å². The Bertz CT molecular complexity index is 497. The molecule has 1 aromatic carbocycles. The summed E-state index contributed by atoms with van der Waals surface area (Å²) in [6.07, 6.45) is 1.58. The first-order chi connectivity index (χ1) is 8.43. The molecular formula is C12H19BrN2O2S. The van der Waals surface area contributed by atoms with Crippen molar-refractivity contribution in [2.24, 2.45) is 0 Å². The minimum Gasteiger partial charge on any atom is -0.399 e.